The van der Waals surface area contributed by atoms with Gasteiger partial charge in [0.25, 0.3) is 0 Å². The second-order valence-corrected chi connectivity index (χ2v) is 10.3. The number of hydrogen-bond donors (Lipinski definition) is 2. The summed E-state index contributed by atoms with van der Waals surface area (Å²) in [6.45, 7) is 2.72. The van der Waals surface area contributed by atoms with E-state index in [2.05, 4.69) is 0 Å². The van der Waals surface area contributed by atoms with Gasteiger partial charge in [0.05, 0.1) is 29.1 Å². The molecule has 1 saturated heterocycles. The van der Waals surface area contributed by atoms with Gasteiger partial charge in [-0.05, 0) is 43.5 Å². The highest BCUT2D eigenvalue weighted by Crippen LogP contribution is 2.26. The van der Waals surface area contributed by atoms with Crippen LogP contribution in [0.1, 0.15) is 17.5 Å². The van der Waals surface area contributed by atoms with Crippen molar-refractivity contribution in [3.8, 4) is 0 Å². The van der Waals surface area contributed by atoms with Crippen molar-refractivity contribution in [2.75, 3.05) is 24.7 Å². The van der Waals surface area contributed by atoms with Crippen molar-refractivity contribution >= 4 is 19.9 Å². The maximum Gasteiger partial charge on any atom is 0.243 e. The van der Waals surface area contributed by atoms with Gasteiger partial charge < -0.3 is 10.2 Å². The molecule has 0 amide bonds. The summed E-state index contributed by atoms with van der Waals surface area (Å²) < 4.78 is 50.4. The van der Waals surface area contributed by atoms with Gasteiger partial charge in [0.1, 0.15) is 0 Å². The van der Waals surface area contributed by atoms with Crippen molar-refractivity contribution in [2.24, 2.45) is 0 Å². The minimum absolute atomic E-state index is 0.0556. The summed E-state index contributed by atoms with van der Waals surface area (Å²) in [5.41, 5.74) is 1.75. The Balaban J connectivity index is 2.42. The van der Waals surface area contributed by atoms with E-state index in [1.807, 2.05) is 6.92 Å². The first kappa shape index (κ1) is 19.3. The Morgan fingerprint density at radius 3 is 2.46 bits per heavy atom. The van der Waals surface area contributed by atoms with Crippen LogP contribution >= 0.6 is 0 Å². The molecule has 0 aromatic heterocycles. The molecule has 0 radical (unpaired) electrons. The molecule has 24 heavy (non-hydrogen) atoms. The van der Waals surface area contributed by atoms with Crippen LogP contribution in [0.25, 0.3) is 0 Å². The van der Waals surface area contributed by atoms with Gasteiger partial charge >= 0.3 is 0 Å². The van der Waals surface area contributed by atoms with Crippen LogP contribution in [-0.2, 0) is 19.9 Å². The Bertz CT molecular complexity index is 803. The molecule has 1 aliphatic rings. The first-order valence-corrected chi connectivity index (χ1v) is 10.9. The molecule has 7 nitrogen and oxygen atoms in total. The van der Waals surface area contributed by atoms with Crippen LogP contribution in [0.15, 0.2) is 23.1 Å². The van der Waals surface area contributed by atoms with E-state index in [9.17, 15) is 21.9 Å². The van der Waals surface area contributed by atoms with Crippen LogP contribution < -0.4 is 0 Å². The molecule has 1 heterocycles. The van der Waals surface area contributed by atoms with E-state index in [1.165, 1.54) is 12.1 Å². The SMILES string of the molecule is Cc1ccc(S(=O)(=O)N(C[C@H](O)CO)[C@H]2CCS(=O)(=O)C2)cc1C. The molecular formula is C15H23NO6S2. The number of rotatable bonds is 6. The van der Waals surface area contributed by atoms with Crippen LogP contribution in [0.5, 0.6) is 0 Å². The van der Waals surface area contributed by atoms with E-state index in [-0.39, 0.29) is 29.4 Å². The first-order valence-electron chi connectivity index (χ1n) is 7.65. The summed E-state index contributed by atoms with van der Waals surface area (Å²) in [5, 5.41) is 18.8. The molecule has 2 atom stereocenters. The molecule has 1 aromatic rings. The third-order valence-corrected chi connectivity index (χ3v) is 7.97. The topological polar surface area (TPSA) is 112 Å². The maximum atomic E-state index is 13.0. The monoisotopic (exact) mass is 377 g/mol. The number of sulfonamides is 1. The molecule has 0 spiro atoms. The summed E-state index contributed by atoms with van der Waals surface area (Å²) >= 11 is 0. The highest BCUT2D eigenvalue weighted by atomic mass is 32.2. The molecular weight excluding hydrogens is 354 g/mol. The van der Waals surface area contributed by atoms with Gasteiger partial charge in [-0.25, -0.2) is 16.8 Å². The number of aliphatic hydroxyl groups is 2. The predicted octanol–water partition coefficient (Wildman–Crippen LogP) is -0.166. The first-order chi connectivity index (χ1) is 11.1. The van der Waals surface area contributed by atoms with Gasteiger partial charge in [-0.15, -0.1) is 0 Å². The zero-order chi connectivity index (χ0) is 18.1. The summed E-state index contributed by atoms with van der Waals surface area (Å²) in [5.74, 6) is -0.346. The number of sulfone groups is 1. The smallest absolute Gasteiger partial charge is 0.243 e. The lowest BCUT2D eigenvalue weighted by Crippen LogP contribution is -2.46. The van der Waals surface area contributed by atoms with Crippen molar-refractivity contribution < 1.29 is 27.0 Å². The second kappa shape index (κ2) is 7.09. The Hall–Kier alpha value is -1.00. The Kier molecular flexibility index (Phi) is 5.71. The Morgan fingerprint density at radius 1 is 1.29 bits per heavy atom. The van der Waals surface area contributed by atoms with Crippen LogP contribution in [0, 0.1) is 13.8 Å². The summed E-state index contributed by atoms with van der Waals surface area (Å²) in [6.07, 6.45) is -1.08. The fraction of sp³-hybridized carbons (Fsp3) is 0.600. The predicted molar refractivity (Wildman–Crippen MR) is 90.0 cm³/mol. The highest BCUT2D eigenvalue weighted by Gasteiger charge is 2.39. The number of aryl methyl sites for hydroxylation is 2. The average Bonchev–Trinajstić information content (AvgIpc) is 2.86. The lowest BCUT2D eigenvalue weighted by atomic mass is 10.1. The molecule has 9 heteroatoms. The zero-order valence-corrected chi connectivity index (χ0v) is 15.3. The Morgan fingerprint density at radius 2 is 1.96 bits per heavy atom. The summed E-state index contributed by atoms with van der Waals surface area (Å²) in [4.78, 5) is 0.0556. The third kappa shape index (κ3) is 4.15. The number of aliphatic hydroxyl groups excluding tert-OH is 2. The molecule has 2 N–H and O–H groups in total. The number of benzene rings is 1. The number of nitrogens with zero attached hydrogens (tertiary/aromatic N) is 1. The maximum absolute atomic E-state index is 13.0. The minimum Gasteiger partial charge on any atom is -0.394 e. The fourth-order valence-electron chi connectivity index (χ4n) is 2.72. The average molecular weight is 377 g/mol. The molecule has 0 saturated carbocycles. The van der Waals surface area contributed by atoms with E-state index in [0.29, 0.717) is 0 Å². The highest BCUT2D eigenvalue weighted by molar-refractivity contribution is 7.92. The van der Waals surface area contributed by atoms with Gasteiger partial charge in [-0.3, -0.25) is 0 Å². The molecule has 0 bridgehead atoms. The van der Waals surface area contributed by atoms with Crippen molar-refractivity contribution in [1.82, 2.24) is 4.31 Å². The fourth-order valence-corrected chi connectivity index (χ4v) is 6.32. The normalized spacial score (nSPS) is 22.0. The standard InChI is InChI=1S/C15H23NO6S2/c1-11-3-4-15(7-12(11)2)24(21,22)16(8-14(18)9-17)13-5-6-23(19,20)10-13/h3-4,7,13-14,17-18H,5-6,8-10H2,1-2H3/t13-,14-/m0/s1. The number of hydrogen-bond acceptors (Lipinski definition) is 6. The largest absolute Gasteiger partial charge is 0.394 e. The molecule has 1 aliphatic heterocycles. The van der Waals surface area contributed by atoms with Crippen molar-refractivity contribution in [3.63, 3.8) is 0 Å². The molecule has 2 rings (SSSR count). The summed E-state index contributed by atoms with van der Waals surface area (Å²) in [6, 6.07) is 3.96. The quantitative estimate of drug-likeness (QED) is 0.712. The molecule has 0 aliphatic carbocycles. The van der Waals surface area contributed by atoms with E-state index in [1.54, 1.807) is 13.0 Å². The van der Waals surface area contributed by atoms with Crippen molar-refractivity contribution in [1.29, 1.82) is 0 Å². The van der Waals surface area contributed by atoms with Crippen LogP contribution in [0.3, 0.4) is 0 Å². The second-order valence-electron chi connectivity index (χ2n) is 6.21. The molecule has 1 fully saturated rings. The molecule has 136 valence electrons. The molecule has 1 aromatic carbocycles. The van der Waals surface area contributed by atoms with Gasteiger partial charge in [-0.2, -0.15) is 4.31 Å². The van der Waals surface area contributed by atoms with E-state index in [0.717, 1.165) is 15.4 Å². The van der Waals surface area contributed by atoms with Gasteiger partial charge in [0, 0.05) is 12.6 Å². The summed E-state index contributed by atoms with van der Waals surface area (Å²) in [7, 11) is -7.27. The van der Waals surface area contributed by atoms with Crippen molar-refractivity contribution in [3.05, 3.63) is 29.3 Å². The lowest BCUT2D eigenvalue weighted by molar-refractivity contribution is 0.0730. The van der Waals surface area contributed by atoms with Crippen molar-refractivity contribution in [2.45, 2.75) is 37.3 Å². The van der Waals surface area contributed by atoms with E-state index >= 15 is 0 Å². The third-order valence-electron chi connectivity index (χ3n) is 4.30. The van der Waals surface area contributed by atoms with Gasteiger partial charge in [0.2, 0.25) is 10.0 Å². The molecule has 0 unspecified atom stereocenters. The van der Waals surface area contributed by atoms with E-state index in [4.69, 9.17) is 5.11 Å². The van der Waals surface area contributed by atoms with E-state index < -0.39 is 38.6 Å². The van der Waals surface area contributed by atoms with Crippen LogP contribution in [0.4, 0.5) is 0 Å². The Labute approximate surface area is 142 Å². The zero-order valence-electron chi connectivity index (χ0n) is 13.7. The van der Waals surface area contributed by atoms with Crippen LogP contribution in [-0.4, -0.2) is 68.2 Å². The van der Waals surface area contributed by atoms with Crippen LogP contribution in [0.2, 0.25) is 0 Å². The minimum atomic E-state index is -3.98. The van der Waals surface area contributed by atoms with Gasteiger partial charge in [-0.1, -0.05) is 6.07 Å². The lowest BCUT2D eigenvalue weighted by Gasteiger charge is -2.29. The van der Waals surface area contributed by atoms with Gasteiger partial charge in [0.15, 0.2) is 9.84 Å².